The first-order valence-corrected chi connectivity index (χ1v) is 17.9. The molecule has 46 heavy (non-hydrogen) atoms. The first kappa shape index (κ1) is 34.4. The van der Waals surface area contributed by atoms with Crippen molar-refractivity contribution >= 4 is 27.6 Å². The number of hydrogen-bond acceptors (Lipinski definition) is 8. The van der Waals surface area contributed by atoms with Crippen LogP contribution in [0.15, 0.2) is 24.4 Å². The summed E-state index contributed by atoms with van der Waals surface area (Å²) in [6, 6.07) is 4.80. The van der Waals surface area contributed by atoms with Gasteiger partial charge < -0.3 is 20.3 Å². The highest BCUT2D eigenvalue weighted by Crippen LogP contribution is 2.64. The van der Waals surface area contributed by atoms with E-state index in [9.17, 15) is 26.4 Å². The summed E-state index contributed by atoms with van der Waals surface area (Å²) >= 11 is 0. The molecule has 1 amide bonds. The Hall–Kier alpha value is -2.97. The van der Waals surface area contributed by atoms with Gasteiger partial charge in [-0.3, -0.25) is 4.79 Å². The second-order valence-corrected chi connectivity index (χ2v) is 15.0. The van der Waals surface area contributed by atoms with Crippen molar-refractivity contribution in [2.45, 2.75) is 83.0 Å². The van der Waals surface area contributed by atoms with Gasteiger partial charge in [0.25, 0.3) is 5.91 Å². The predicted octanol–water partition coefficient (Wildman–Crippen LogP) is 5.23. The third kappa shape index (κ3) is 7.60. The van der Waals surface area contributed by atoms with E-state index in [2.05, 4.69) is 32.5 Å². The first-order valence-electron chi connectivity index (χ1n) is 16.1. The van der Waals surface area contributed by atoms with Crippen molar-refractivity contribution in [2.75, 3.05) is 45.4 Å². The molecule has 254 valence electrons. The number of carbonyl (C=O) groups is 1. The van der Waals surface area contributed by atoms with E-state index in [1.165, 1.54) is 13.4 Å². The van der Waals surface area contributed by atoms with Crippen LogP contribution in [0.1, 0.15) is 79.9 Å². The number of benzene rings is 1. The molecule has 10 nitrogen and oxygen atoms in total. The Bertz CT molecular complexity index is 1520. The minimum atomic E-state index is -4.63. The number of halogens is 3. The zero-order valence-corrected chi connectivity index (χ0v) is 27.8. The summed E-state index contributed by atoms with van der Waals surface area (Å²) in [6.45, 7) is 4.04. The Morgan fingerprint density at radius 1 is 1.20 bits per heavy atom. The zero-order valence-electron chi connectivity index (χ0n) is 27.0. The van der Waals surface area contributed by atoms with Crippen molar-refractivity contribution in [2.24, 2.45) is 11.3 Å². The van der Waals surface area contributed by atoms with Gasteiger partial charge in [0.2, 0.25) is 16.0 Å². The van der Waals surface area contributed by atoms with E-state index < -0.39 is 21.8 Å². The molecule has 2 aromatic rings. The average Bonchev–Trinajstić information content (AvgIpc) is 3.69. The van der Waals surface area contributed by atoms with Crippen LogP contribution in [0.3, 0.4) is 0 Å². The standard InChI is InChI=1S/C32H45F3N6O4S/c1-5-41(46(4,43)44)28-8-6-7-15-31(28)19-22(31)10-12-25-24(32(33,34)35)20-36-30(38-25)39-26-11-9-21(18-27(26)45-3)29(42)37-23-13-16-40(2)17-14-23/h9,11,18,20,22-23,28H,5-8,10,12-17,19H2,1-4H3,(H,37,42)(H,36,38,39)/t22-,28-,31+/m1/s1. The minimum Gasteiger partial charge on any atom is -0.495 e. The van der Waals surface area contributed by atoms with Crippen LogP contribution < -0.4 is 15.4 Å². The Labute approximate surface area is 269 Å². The van der Waals surface area contributed by atoms with E-state index in [1.807, 2.05) is 6.92 Å². The number of aromatic nitrogens is 2. The topological polar surface area (TPSA) is 117 Å². The minimum absolute atomic E-state index is 0.0138. The molecule has 2 aliphatic carbocycles. The molecule has 1 aliphatic heterocycles. The zero-order chi connectivity index (χ0) is 33.3. The summed E-state index contributed by atoms with van der Waals surface area (Å²) in [5, 5.41) is 6.04. The maximum Gasteiger partial charge on any atom is 0.419 e. The molecule has 0 unspecified atom stereocenters. The number of rotatable bonds is 11. The lowest BCUT2D eigenvalue weighted by atomic mass is 9.79. The number of amides is 1. The van der Waals surface area contributed by atoms with Gasteiger partial charge in [0.1, 0.15) is 5.75 Å². The number of nitrogens with one attached hydrogen (secondary N) is 2. The molecule has 2 saturated carbocycles. The maximum absolute atomic E-state index is 14.0. The van der Waals surface area contributed by atoms with Crippen molar-refractivity contribution in [1.29, 1.82) is 0 Å². The van der Waals surface area contributed by atoms with Crippen LogP contribution in [-0.4, -0.2) is 85.6 Å². The number of methoxy groups -OCH3 is 1. The summed E-state index contributed by atoms with van der Waals surface area (Å²) in [6.07, 6.45) is 4.08. The molecule has 0 bridgehead atoms. The molecule has 3 fully saturated rings. The quantitative estimate of drug-likeness (QED) is 0.335. The second-order valence-electron chi connectivity index (χ2n) is 13.0. The lowest BCUT2D eigenvalue weighted by Gasteiger charge is -2.39. The van der Waals surface area contributed by atoms with Crippen molar-refractivity contribution in [1.82, 2.24) is 24.5 Å². The largest absolute Gasteiger partial charge is 0.495 e. The third-order valence-electron chi connectivity index (χ3n) is 10.1. The Balaban J connectivity index is 1.30. The highest BCUT2D eigenvalue weighted by atomic mass is 32.2. The van der Waals surface area contributed by atoms with E-state index >= 15 is 0 Å². The van der Waals surface area contributed by atoms with E-state index in [0.29, 0.717) is 30.0 Å². The molecule has 1 aromatic heterocycles. The molecule has 0 radical (unpaired) electrons. The van der Waals surface area contributed by atoms with Crippen LogP contribution >= 0.6 is 0 Å². The summed E-state index contributed by atoms with van der Waals surface area (Å²) in [7, 11) is 0.104. The van der Waals surface area contributed by atoms with Crippen LogP contribution in [-0.2, 0) is 22.6 Å². The number of hydrogen-bond donors (Lipinski definition) is 2. The molecule has 5 rings (SSSR count). The molecule has 2 heterocycles. The number of likely N-dealkylation sites (tertiary alicyclic amines) is 1. The van der Waals surface area contributed by atoms with Crippen LogP contribution in [0.4, 0.5) is 24.8 Å². The summed E-state index contributed by atoms with van der Waals surface area (Å²) in [4.78, 5) is 23.4. The second kappa shape index (κ2) is 13.6. The molecule has 14 heteroatoms. The number of ether oxygens (including phenoxy) is 1. The number of sulfonamides is 1. The fourth-order valence-corrected chi connectivity index (χ4v) is 8.81. The number of anilines is 2. The van der Waals surface area contributed by atoms with Crippen molar-refractivity contribution < 1.29 is 31.1 Å². The number of aryl methyl sites for hydroxylation is 1. The van der Waals surface area contributed by atoms with Gasteiger partial charge in [0, 0.05) is 30.4 Å². The van der Waals surface area contributed by atoms with Crippen molar-refractivity contribution in [3.8, 4) is 5.75 Å². The van der Waals surface area contributed by atoms with Gasteiger partial charge in [0.15, 0.2) is 0 Å². The number of alkyl halides is 3. The summed E-state index contributed by atoms with van der Waals surface area (Å²) in [5.41, 5.74) is -0.364. The Morgan fingerprint density at radius 2 is 1.93 bits per heavy atom. The van der Waals surface area contributed by atoms with Gasteiger partial charge >= 0.3 is 6.18 Å². The van der Waals surface area contributed by atoms with Gasteiger partial charge in [-0.25, -0.2) is 18.4 Å². The van der Waals surface area contributed by atoms with Gasteiger partial charge in [-0.05, 0) is 94.6 Å². The van der Waals surface area contributed by atoms with Gasteiger partial charge in [0.05, 0.1) is 30.3 Å². The molecule has 1 spiro atoms. The van der Waals surface area contributed by atoms with E-state index in [0.717, 1.165) is 64.2 Å². The SMILES string of the molecule is CCN([C@@H]1CCCC[C@@]12C[C@H]2CCc1nc(Nc2ccc(C(=O)NC3CCN(C)CC3)cc2OC)ncc1C(F)(F)F)S(C)(=O)=O. The number of carbonyl (C=O) groups excluding carboxylic acids is 1. The fraction of sp³-hybridized carbons (Fsp3) is 0.656. The number of nitrogens with zero attached hydrogens (tertiary/aromatic N) is 4. The van der Waals surface area contributed by atoms with E-state index in [4.69, 9.17) is 4.74 Å². The van der Waals surface area contributed by atoms with Crippen LogP contribution in [0, 0.1) is 11.3 Å². The smallest absolute Gasteiger partial charge is 0.419 e. The monoisotopic (exact) mass is 666 g/mol. The summed E-state index contributed by atoms with van der Waals surface area (Å²) < 4.78 is 74.3. The summed E-state index contributed by atoms with van der Waals surface area (Å²) in [5.74, 6) is 0.217. The van der Waals surface area contributed by atoms with Crippen LogP contribution in [0.2, 0.25) is 0 Å². The van der Waals surface area contributed by atoms with Crippen molar-refractivity contribution in [3.63, 3.8) is 0 Å². The fourth-order valence-electron chi connectivity index (χ4n) is 7.56. The molecule has 1 aromatic carbocycles. The van der Waals surface area contributed by atoms with Gasteiger partial charge in [-0.1, -0.05) is 19.8 Å². The van der Waals surface area contributed by atoms with Gasteiger partial charge in [-0.2, -0.15) is 17.5 Å². The Morgan fingerprint density at radius 3 is 2.59 bits per heavy atom. The molecule has 1 saturated heterocycles. The number of piperidine rings is 1. The molecular weight excluding hydrogens is 621 g/mol. The average molecular weight is 667 g/mol. The lowest BCUT2D eigenvalue weighted by Crippen LogP contribution is -2.47. The Kier molecular flexibility index (Phi) is 10.2. The van der Waals surface area contributed by atoms with Crippen molar-refractivity contribution in [3.05, 3.63) is 41.2 Å². The highest BCUT2D eigenvalue weighted by molar-refractivity contribution is 7.88. The molecular formula is C32H45F3N6O4S. The third-order valence-corrected chi connectivity index (χ3v) is 11.4. The molecule has 2 N–H and O–H groups in total. The highest BCUT2D eigenvalue weighted by Gasteiger charge is 2.60. The van der Waals surface area contributed by atoms with Crippen LogP contribution in [0.5, 0.6) is 5.75 Å². The van der Waals surface area contributed by atoms with Gasteiger partial charge in [-0.15, -0.1) is 0 Å². The maximum atomic E-state index is 14.0. The molecule has 3 aliphatic rings. The molecule has 3 atom stereocenters. The first-order chi connectivity index (χ1) is 21.7. The predicted molar refractivity (Wildman–Crippen MR) is 170 cm³/mol. The lowest BCUT2D eigenvalue weighted by molar-refractivity contribution is -0.138. The van der Waals surface area contributed by atoms with Crippen LogP contribution in [0.25, 0.3) is 0 Å². The van der Waals surface area contributed by atoms with E-state index in [-0.39, 0.29) is 47.4 Å². The normalized spacial score (nSPS) is 24.3. The van der Waals surface area contributed by atoms with E-state index in [1.54, 1.807) is 22.5 Å².